The highest BCUT2D eigenvalue weighted by molar-refractivity contribution is 7.80. The summed E-state index contributed by atoms with van der Waals surface area (Å²) < 4.78 is 0. The maximum atomic E-state index is 5.67. The van der Waals surface area contributed by atoms with E-state index in [1.165, 1.54) is 51.4 Å². The summed E-state index contributed by atoms with van der Waals surface area (Å²) >= 11 is 5.02. The average Bonchev–Trinajstić information content (AvgIpc) is 2.45. The van der Waals surface area contributed by atoms with Crippen LogP contribution in [-0.4, -0.2) is 11.5 Å². The van der Waals surface area contributed by atoms with E-state index < -0.39 is 0 Å². The smallest absolute Gasteiger partial charge is 0.104 e. The van der Waals surface area contributed by atoms with Crippen LogP contribution in [-0.2, 0) is 0 Å². The number of anilines is 1. The zero-order valence-corrected chi connectivity index (χ0v) is 14.4. The van der Waals surface area contributed by atoms with Crippen LogP contribution in [0.15, 0.2) is 18.2 Å². The number of aryl methyl sites for hydroxylation is 1. The number of rotatable bonds is 11. The highest BCUT2D eigenvalue weighted by Crippen LogP contribution is 2.15. The monoisotopic (exact) mass is 306 g/mol. The third-order valence-electron chi connectivity index (χ3n) is 3.85. The largest absolute Gasteiger partial charge is 0.389 e. The molecule has 1 rings (SSSR count). The molecule has 0 aliphatic heterocycles. The molecule has 0 saturated carbocycles. The third-order valence-corrected chi connectivity index (χ3v) is 4.07. The molecule has 3 N–H and O–H groups in total. The molecule has 0 radical (unpaired) electrons. The number of hydrogen-bond acceptors (Lipinski definition) is 2. The topological polar surface area (TPSA) is 38.0 Å². The summed E-state index contributed by atoms with van der Waals surface area (Å²) in [5.41, 5.74) is 8.95. The minimum absolute atomic E-state index is 0.474. The van der Waals surface area contributed by atoms with Crippen molar-refractivity contribution >= 4 is 22.9 Å². The first-order valence-corrected chi connectivity index (χ1v) is 8.70. The molecule has 0 fully saturated rings. The van der Waals surface area contributed by atoms with E-state index in [1.54, 1.807) is 0 Å². The second-order valence-electron chi connectivity index (χ2n) is 5.80. The summed E-state index contributed by atoms with van der Waals surface area (Å²) in [6.45, 7) is 5.36. The van der Waals surface area contributed by atoms with E-state index in [9.17, 15) is 0 Å². The Morgan fingerprint density at radius 3 is 2.24 bits per heavy atom. The summed E-state index contributed by atoms with van der Waals surface area (Å²) in [5.74, 6) is 0. The summed E-state index contributed by atoms with van der Waals surface area (Å²) in [5, 5.41) is 3.48. The van der Waals surface area contributed by atoms with Gasteiger partial charge in [-0.25, -0.2) is 0 Å². The van der Waals surface area contributed by atoms with Crippen molar-refractivity contribution in [3.63, 3.8) is 0 Å². The van der Waals surface area contributed by atoms with Crippen molar-refractivity contribution in [2.75, 3.05) is 11.9 Å². The highest BCUT2D eigenvalue weighted by atomic mass is 32.1. The SMILES string of the molecule is CCCCCCCCCCNc1ccc(C(N)=S)c(C)c1. The molecule has 0 atom stereocenters. The van der Waals surface area contributed by atoms with Gasteiger partial charge in [0.1, 0.15) is 4.99 Å². The maximum Gasteiger partial charge on any atom is 0.104 e. The van der Waals surface area contributed by atoms with Gasteiger partial charge in [0.05, 0.1) is 0 Å². The number of hydrogen-bond donors (Lipinski definition) is 2. The predicted molar refractivity (Wildman–Crippen MR) is 98.2 cm³/mol. The lowest BCUT2D eigenvalue weighted by atomic mass is 10.1. The summed E-state index contributed by atoms with van der Waals surface area (Å²) in [6, 6.07) is 6.19. The van der Waals surface area contributed by atoms with E-state index >= 15 is 0 Å². The fourth-order valence-electron chi connectivity index (χ4n) is 2.54. The van der Waals surface area contributed by atoms with Crippen molar-refractivity contribution in [1.82, 2.24) is 0 Å². The van der Waals surface area contributed by atoms with Gasteiger partial charge in [0.2, 0.25) is 0 Å². The van der Waals surface area contributed by atoms with Crippen molar-refractivity contribution in [2.45, 2.75) is 65.2 Å². The average molecular weight is 307 g/mol. The summed E-state index contributed by atoms with van der Waals surface area (Å²) in [6.07, 6.45) is 10.9. The minimum atomic E-state index is 0.474. The molecule has 0 spiro atoms. The molecule has 118 valence electrons. The Morgan fingerprint density at radius 1 is 1.05 bits per heavy atom. The molecule has 0 saturated heterocycles. The predicted octanol–water partition coefficient (Wildman–Crippen LogP) is 5.18. The number of benzene rings is 1. The first kappa shape index (κ1) is 18.0. The van der Waals surface area contributed by atoms with Gasteiger partial charge in [0.15, 0.2) is 0 Å². The number of nitrogens with two attached hydrogens (primary N) is 1. The van der Waals surface area contributed by atoms with Gasteiger partial charge in [-0.2, -0.15) is 0 Å². The maximum absolute atomic E-state index is 5.67. The van der Waals surface area contributed by atoms with E-state index in [-0.39, 0.29) is 0 Å². The molecule has 0 bridgehead atoms. The van der Waals surface area contributed by atoms with E-state index in [0.29, 0.717) is 4.99 Å². The Morgan fingerprint density at radius 2 is 1.67 bits per heavy atom. The number of nitrogens with one attached hydrogen (secondary N) is 1. The first-order chi connectivity index (χ1) is 10.1. The Hall–Kier alpha value is -1.09. The van der Waals surface area contributed by atoms with Crippen molar-refractivity contribution in [3.8, 4) is 0 Å². The van der Waals surface area contributed by atoms with Gasteiger partial charge in [-0.05, 0) is 37.1 Å². The van der Waals surface area contributed by atoms with Gasteiger partial charge in [-0.3, -0.25) is 0 Å². The van der Waals surface area contributed by atoms with Crippen molar-refractivity contribution in [1.29, 1.82) is 0 Å². The lowest BCUT2D eigenvalue weighted by Crippen LogP contribution is -2.11. The van der Waals surface area contributed by atoms with E-state index in [2.05, 4.69) is 31.3 Å². The molecular formula is C18H30N2S. The molecule has 0 aliphatic carbocycles. The van der Waals surface area contributed by atoms with Crippen molar-refractivity contribution < 1.29 is 0 Å². The number of unbranched alkanes of at least 4 members (excludes halogenated alkanes) is 7. The minimum Gasteiger partial charge on any atom is -0.389 e. The van der Waals surface area contributed by atoms with Crippen LogP contribution in [0.3, 0.4) is 0 Å². The molecule has 2 nitrogen and oxygen atoms in total. The van der Waals surface area contributed by atoms with Gasteiger partial charge >= 0.3 is 0 Å². The Kier molecular flexibility index (Phi) is 9.07. The fourth-order valence-corrected chi connectivity index (χ4v) is 2.77. The van der Waals surface area contributed by atoms with Gasteiger partial charge in [0.25, 0.3) is 0 Å². The highest BCUT2D eigenvalue weighted by Gasteiger charge is 2.02. The molecule has 0 aliphatic rings. The number of thiocarbonyl (C=S) groups is 1. The first-order valence-electron chi connectivity index (χ1n) is 8.29. The van der Waals surface area contributed by atoms with Crippen LogP contribution in [0.1, 0.15) is 69.4 Å². The lowest BCUT2D eigenvalue weighted by Gasteiger charge is -2.10. The summed E-state index contributed by atoms with van der Waals surface area (Å²) in [4.78, 5) is 0.474. The normalized spacial score (nSPS) is 10.6. The van der Waals surface area contributed by atoms with E-state index in [4.69, 9.17) is 18.0 Å². The van der Waals surface area contributed by atoms with Gasteiger partial charge in [0, 0.05) is 17.8 Å². The molecular weight excluding hydrogens is 276 g/mol. The molecule has 1 aromatic rings. The van der Waals surface area contributed by atoms with Crippen LogP contribution in [0, 0.1) is 6.92 Å². The Bertz CT molecular complexity index is 429. The zero-order valence-electron chi connectivity index (χ0n) is 13.6. The van der Waals surface area contributed by atoms with Gasteiger partial charge in [-0.15, -0.1) is 0 Å². The van der Waals surface area contributed by atoms with Crippen LogP contribution >= 0.6 is 12.2 Å². The van der Waals surface area contributed by atoms with Crippen LogP contribution in [0.25, 0.3) is 0 Å². The second kappa shape index (κ2) is 10.6. The summed E-state index contributed by atoms with van der Waals surface area (Å²) in [7, 11) is 0. The lowest BCUT2D eigenvalue weighted by molar-refractivity contribution is 0.581. The standard InChI is InChI=1S/C18H30N2S/c1-3-4-5-6-7-8-9-10-13-20-16-11-12-17(18(19)21)15(2)14-16/h11-12,14,20H,3-10,13H2,1-2H3,(H2,19,21). The van der Waals surface area contributed by atoms with E-state index in [1.807, 2.05) is 6.07 Å². The van der Waals surface area contributed by atoms with Crippen LogP contribution in [0.4, 0.5) is 5.69 Å². The van der Waals surface area contributed by atoms with Crippen LogP contribution < -0.4 is 11.1 Å². The van der Waals surface area contributed by atoms with Crippen molar-refractivity contribution in [3.05, 3.63) is 29.3 Å². The zero-order chi connectivity index (χ0) is 15.5. The van der Waals surface area contributed by atoms with Crippen LogP contribution in [0.5, 0.6) is 0 Å². The van der Waals surface area contributed by atoms with Gasteiger partial charge in [-0.1, -0.05) is 64.1 Å². The second-order valence-corrected chi connectivity index (χ2v) is 6.24. The van der Waals surface area contributed by atoms with Crippen LogP contribution in [0.2, 0.25) is 0 Å². The van der Waals surface area contributed by atoms with E-state index in [0.717, 1.165) is 23.4 Å². The fraction of sp³-hybridized carbons (Fsp3) is 0.611. The molecule has 0 unspecified atom stereocenters. The molecule has 1 aromatic carbocycles. The van der Waals surface area contributed by atoms with Crippen molar-refractivity contribution in [2.24, 2.45) is 5.73 Å². The van der Waals surface area contributed by atoms with Gasteiger partial charge < -0.3 is 11.1 Å². The Labute approximate surface area is 135 Å². The third kappa shape index (κ3) is 7.47. The molecule has 3 heteroatoms. The quantitative estimate of drug-likeness (QED) is 0.437. The molecule has 0 heterocycles. The Balaban J connectivity index is 2.13. The molecule has 0 amide bonds. The molecule has 21 heavy (non-hydrogen) atoms. The molecule has 0 aromatic heterocycles.